The van der Waals surface area contributed by atoms with Gasteiger partial charge in [-0.1, -0.05) is 23.7 Å². The van der Waals surface area contributed by atoms with Gasteiger partial charge in [-0.25, -0.2) is 21.6 Å². The van der Waals surface area contributed by atoms with Gasteiger partial charge in [0.25, 0.3) is 0 Å². The largest absolute Gasteiger partial charge is 0.313 e. The van der Waals surface area contributed by atoms with Gasteiger partial charge >= 0.3 is 0 Å². The molecule has 0 aromatic heterocycles. The zero-order chi connectivity index (χ0) is 18.2. The molecule has 0 spiro atoms. The van der Waals surface area contributed by atoms with Crippen LogP contribution in [-0.4, -0.2) is 32.4 Å². The molecule has 0 radical (unpaired) electrons. The van der Waals surface area contributed by atoms with Crippen molar-refractivity contribution in [1.29, 1.82) is 0 Å². The van der Waals surface area contributed by atoms with Gasteiger partial charge in [0.1, 0.15) is 4.90 Å². The standard InChI is InChI=1S/C16H14ClF3N2O2S.ClH/c17-11-3-1-2-10(8-11)13-9-21-6-7-22(13)25(23,24)14-5-4-12(18)15(19)16(14)20;/h1-5,8,13,21H,6-7,9H2;1H. The van der Waals surface area contributed by atoms with Crippen LogP contribution in [0, 0.1) is 17.5 Å². The van der Waals surface area contributed by atoms with E-state index in [0.29, 0.717) is 23.2 Å². The van der Waals surface area contributed by atoms with Gasteiger partial charge in [0.2, 0.25) is 10.0 Å². The van der Waals surface area contributed by atoms with Crippen molar-refractivity contribution in [2.24, 2.45) is 0 Å². The molecule has 26 heavy (non-hydrogen) atoms. The second kappa shape index (κ2) is 8.14. The first kappa shape index (κ1) is 21.0. The van der Waals surface area contributed by atoms with E-state index >= 15 is 0 Å². The second-order valence-electron chi connectivity index (χ2n) is 5.56. The Balaban J connectivity index is 0.00000243. The van der Waals surface area contributed by atoms with Crippen LogP contribution in [0.2, 0.25) is 5.02 Å². The number of halogens is 5. The molecule has 142 valence electrons. The summed E-state index contributed by atoms with van der Waals surface area (Å²) in [6, 6.07) is 7.33. The molecule has 1 N–H and O–H groups in total. The summed E-state index contributed by atoms with van der Waals surface area (Å²) in [5.41, 5.74) is 0.617. The van der Waals surface area contributed by atoms with Crippen molar-refractivity contribution < 1.29 is 21.6 Å². The average Bonchev–Trinajstić information content (AvgIpc) is 2.59. The molecular formula is C16H15Cl2F3N2O2S. The summed E-state index contributed by atoms with van der Waals surface area (Å²) >= 11 is 5.97. The first-order chi connectivity index (χ1) is 11.8. The summed E-state index contributed by atoms with van der Waals surface area (Å²) < 4.78 is 67.5. The van der Waals surface area contributed by atoms with Crippen LogP contribution in [0.4, 0.5) is 13.2 Å². The molecule has 1 unspecified atom stereocenters. The van der Waals surface area contributed by atoms with Gasteiger partial charge in [-0.05, 0) is 29.8 Å². The first-order valence-corrected chi connectivity index (χ1v) is 9.25. The van der Waals surface area contributed by atoms with Gasteiger partial charge in [-0.15, -0.1) is 12.4 Å². The van der Waals surface area contributed by atoms with E-state index in [-0.39, 0.29) is 25.5 Å². The maximum atomic E-state index is 14.0. The molecule has 0 bridgehead atoms. The molecule has 4 nitrogen and oxygen atoms in total. The predicted molar refractivity (Wildman–Crippen MR) is 94.5 cm³/mol. The number of benzene rings is 2. The van der Waals surface area contributed by atoms with Crippen LogP contribution in [0.5, 0.6) is 0 Å². The average molecular weight is 427 g/mol. The van der Waals surface area contributed by atoms with Crippen LogP contribution in [-0.2, 0) is 10.0 Å². The third kappa shape index (κ3) is 3.84. The van der Waals surface area contributed by atoms with Crippen molar-refractivity contribution in [2.45, 2.75) is 10.9 Å². The van der Waals surface area contributed by atoms with E-state index in [0.717, 1.165) is 10.4 Å². The van der Waals surface area contributed by atoms with E-state index in [4.69, 9.17) is 11.6 Å². The third-order valence-electron chi connectivity index (χ3n) is 4.01. The fourth-order valence-corrected chi connectivity index (χ4v) is 4.68. The molecule has 2 aromatic carbocycles. The smallest absolute Gasteiger partial charge is 0.246 e. The number of nitrogens with one attached hydrogen (secondary N) is 1. The number of sulfonamides is 1. The quantitative estimate of drug-likeness (QED) is 0.763. The minimum absolute atomic E-state index is 0. The Morgan fingerprint density at radius 2 is 1.85 bits per heavy atom. The number of hydrogen-bond donors (Lipinski definition) is 1. The molecule has 1 aliphatic rings. The van der Waals surface area contributed by atoms with Crippen molar-refractivity contribution in [3.05, 3.63) is 64.4 Å². The summed E-state index contributed by atoms with van der Waals surface area (Å²) in [4.78, 5) is -0.889. The van der Waals surface area contributed by atoms with Crippen molar-refractivity contribution >= 4 is 34.0 Å². The van der Waals surface area contributed by atoms with Crippen LogP contribution in [0.1, 0.15) is 11.6 Å². The summed E-state index contributed by atoms with van der Waals surface area (Å²) in [5, 5.41) is 3.49. The minimum atomic E-state index is -4.37. The lowest BCUT2D eigenvalue weighted by molar-refractivity contribution is 0.270. The molecule has 1 aliphatic heterocycles. The summed E-state index contributed by atoms with van der Waals surface area (Å²) in [6.07, 6.45) is 0. The maximum Gasteiger partial charge on any atom is 0.246 e. The molecule has 1 heterocycles. The Bertz CT molecular complexity index is 912. The van der Waals surface area contributed by atoms with Gasteiger partial charge in [0.15, 0.2) is 17.5 Å². The summed E-state index contributed by atoms with van der Waals surface area (Å²) in [7, 11) is -4.37. The van der Waals surface area contributed by atoms with Crippen LogP contribution in [0.25, 0.3) is 0 Å². The highest BCUT2D eigenvalue weighted by Crippen LogP contribution is 2.31. The molecular weight excluding hydrogens is 412 g/mol. The van der Waals surface area contributed by atoms with Crippen LogP contribution in [0.3, 0.4) is 0 Å². The molecule has 10 heteroatoms. The first-order valence-electron chi connectivity index (χ1n) is 7.44. The Morgan fingerprint density at radius 1 is 1.12 bits per heavy atom. The van der Waals surface area contributed by atoms with Crippen molar-refractivity contribution in [2.75, 3.05) is 19.6 Å². The molecule has 1 atom stereocenters. The SMILES string of the molecule is Cl.O=S(=O)(c1ccc(F)c(F)c1F)N1CCNCC1c1cccc(Cl)c1. The predicted octanol–water partition coefficient (Wildman–Crippen LogP) is 3.51. The molecule has 1 fully saturated rings. The Labute approximate surface area is 160 Å². The second-order valence-corrected chi connectivity index (χ2v) is 7.86. The Kier molecular flexibility index (Phi) is 6.57. The van der Waals surface area contributed by atoms with Crippen molar-refractivity contribution in [1.82, 2.24) is 9.62 Å². The molecule has 3 rings (SSSR count). The third-order valence-corrected chi connectivity index (χ3v) is 6.17. The van der Waals surface area contributed by atoms with Crippen LogP contribution < -0.4 is 5.32 Å². The van der Waals surface area contributed by atoms with Gasteiger partial charge in [0.05, 0.1) is 6.04 Å². The topological polar surface area (TPSA) is 49.4 Å². The highest BCUT2D eigenvalue weighted by Gasteiger charge is 2.37. The lowest BCUT2D eigenvalue weighted by atomic mass is 10.1. The summed E-state index contributed by atoms with van der Waals surface area (Å²) in [5.74, 6) is -4.97. The number of piperazine rings is 1. The lowest BCUT2D eigenvalue weighted by Crippen LogP contribution is -2.48. The Morgan fingerprint density at radius 3 is 2.54 bits per heavy atom. The normalized spacial score (nSPS) is 18.4. The zero-order valence-corrected chi connectivity index (χ0v) is 15.6. The van der Waals surface area contributed by atoms with Crippen molar-refractivity contribution in [3.63, 3.8) is 0 Å². The van der Waals surface area contributed by atoms with E-state index in [1.807, 2.05) is 0 Å². The van der Waals surface area contributed by atoms with Crippen molar-refractivity contribution in [3.8, 4) is 0 Å². The van der Waals surface area contributed by atoms with Gasteiger partial charge in [-0.2, -0.15) is 4.31 Å². The van der Waals surface area contributed by atoms with E-state index in [9.17, 15) is 21.6 Å². The monoisotopic (exact) mass is 426 g/mol. The fourth-order valence-electron chi connectivity index (χ4n) is 2.81. The number of nitrogens with zero attached hydrogens (tertiary/aromatic N) is 1. The molecule has 1 saturated heterocycles. The fraction of sp³-hybridized carbons (Fsp3) is 0.250. The van der Waals surface area contributed by atoms with E-state index in [2.05, 4.69) is 5.32 Å². The minimum Gasteiger partial charge on any atom is -0.313 e. The van der Waals surface area contributed by atoms with E-state index < -0.39 is 38.4 Å². The maximum absolute atomic E-state index is 14.0. The molecule has 2 aromatic rings. The highest BCUT2D eigenvalue weighted by molar-refractivity contribution is 7.89. The lowest BCUT2D eigenvalue weighted by Gasteiger charge is -2.35. The van der Waals surface area contributed by atoms with Gasteiger partial charge < -0.3 is 5.32 Å². The van der Waals surface area contributed by atoms with Crippen LogP contribution >= 0.6 is 24.0 Å². The zero-order valence-electron chi connectivity index (χ0n) is 13.3. The molecule has 0 aliphatic carbocycles. The highest BCUT2D eigenvalue weighted by atomic mass is 35.5. The van der Waals surface area contributed by atoms with E-state index in [1.54, 1.807) is 24.3 Å². The molecule has 0 saturated carbocycles. The van der Waals surface area contributed by atoms with Crippen LogP contribution in [0.15, 0.2) is 41.3 Å². The summed E-state index contributed by atoms with van der Waals surface area (Å²) in [6.45, 7) is 0.685. The molecule has 0 amide bonds. The van der Waals surface area contributed by atoms with Gasteiger partial charge in [0, 0.05) is 24.7 Å². The number of rotatable bonds is 3. The van der Waals surface area contributed by atoms with E-state index in [1.165, 1.54) is 0 Å². The van der Waals surface area contributed by atoms with Gasteiger partial charge in [-0.3, -0.25) is 0 Å². The number of hydrogen-bond acceptors (Lipinski definition) is 3. The Hall–Kier alpha value is -1.32.